The van der Waals surface area contributed by atoms with E-state index in [-0.39, 0.29) is 5.41 Å². The van der Waals surface area contributed by atoms with Gasteiger partial charge in [-0.1, -0.05) is 208 Å². The Morgan fingerprint density at radius 2 is 1.20 bits per heavy atom. The van der Waals surface area contributed by atoms with Crippen LogP contribution in [0.5, 0.6) is 0 Å². The summed E-state index contributed by atoms with van der Waals surface area (Å²) >= 11 is 0. The maximum absolute atomic E-state index is 7.05. The van der Waals surface area contributed by atoms with Crippen LogP contribution in [0.2, 0.25) is 0 Å². The molecule has 0 aliphatic heterocycles. The molecule has 2 N–H and O–H groups in total. The van der Waals surface area contributed by atoms with Crippen molar-refractivity contribution >= 4 is 28.1 Å². The molecule has 0 unspecified atom stereocenters. The predicted octanol–water partition coefficient (Wildman–Crippen LogP) is 14.7. The van der Waals surface area contributed by atoms with Crippen molar-refractivity contribution < 1.29 is 0 Å². The zero-order valence-electron chi connectivity index (χ0n) is 35.1. The molecule has 8 aromatic carbocycles. The topological polar surface area (TPSA) is 26.0 Å². The largest absolute Gasteiger partial charge is 0.398 e. The van der Waals surface area contributed by atoms with Gasteiger partial charge in [0.1, 0.15) is 0 Å². The third-order valence-electron chi connectivity index (χ3n) is 13.1. The highest BCUT2D eigenvalue weighted by Crippen LogP contribution is 2.63. The lowest BCUT2D eigenvalue weighted by Gasteiger charge is -2.46. The van der Waals surface area contributed by atoms with E-state index in [0.717, 1.165) is 23.3 Å². The lowest BCUT2D eigenvalue weighted by molar-refractivity contribution is 0.563. The van der Waals surface area contributed by atoms with Crippen molar-refractivity contribution in [3.05, 3.63) is 268 Å². The Hall–Kier alpha value is -7.22. The van der Waals surface area contributed by atoms with Gasteiger partial charge in [-0.2, -0.15) is 0 Å². The summed E-state index contributed by atoms with van der Waals surface area (Å²) in [6, 6.07) is 67.1. The number of benzene rings is 8. The first-order valence-corrected chi connectivity index (χ1v) is 21.5. The Morgan fingerprint density at radius 1 is 0.557 bits per heavy atom. The molecule has 0 atom stereocenters. The fourth-order valence-corrected chi connectivity index (χ4v) is 10.3. The molecule has 61 heavy (non-hydrogen) atoms. The maximum atomic E-state index is 7.05. The van der Waals surface area contributed by atoms with E-state index in [1.54, 1.807) is 0 Å². The molecular weight excluding hydrogens is 735 g/mol. The van der Waals surface area contributed by atoms with Crippen molar-refractivity contribution in [2.24, 2.45) is 5.73 Å². The second-order valence-corrected chi connectivity index (χ2v) is 16.9. The summed E-state index contributed by atoms with van der Waals surface area (Å²) in [7, 11) is 0. The van der Waals surface area contributed by atoms with Gasteiger partial charge in [0.25, 0.3) is 0 Å². The van der Waals surface area contributed by atoms with Crippen LogP contribution < -0.4 is 5.73 Å². The van der Waals surface area contributed by atoms with Crippen molar-refractivity contribution in [1.29, 1.82) is 0 Å². The summed E-state index contributed by atoms with van der Waals surface area (Å²) in [6.07, 6.45) is 13.9. The smallest absolute Gasteiger partial charge is 0.0719 e. The minimum atomic E-state index is -0.537. The molecule has 8 aromatic rings. The van der Waals surface area contributed by atoms with E-state index in [4.69, 9.17) is 5.73 Å². The first-order valence-electron chi connectivity index (χ1n) is 21.5. The fraction of sp³-hybridized carbons (Fsp3) is 0.100. The van der Waals surface area contributed by atoms with E-state index in [0.29, 0.717) is 0 Å². The molecule has 0 saturated carbocycles. The number of hydrogen-bond donors (Lipinski definition) is 1. The van der Waals surface area contributed by atoms with Crippen LogP contribution in [0.3, 0.4) is 0 Å². The summed E-state index contributed by atoms with van der Waals surface area (Å²) in [4.78, 5) is 0. The second-order valence-electron chi connectivity index (χ2n) is 16.9. The van der Waals surface area contributed by atoms with E-state index in [1.807, 2.05) is 6.07 Å². The molecule has 1 nitrogen and oxygen atoms in total. The first kappa shape index (κ1) is 38.0. The third kappa shape index (κ3) is 6.32. The first-order chi connectivity index (χ1) is 29.9. The van der Waals surface area contributed by atoms with Gasteiger partial charge in [0.15, 0.2) is 0 Å². The third-order valence-corrected chi connectivity index (χ3v) is 13.1. The number of nitrogens with two attached hydrogens (primary N) is 1. The Kier molecular flexibility index (Phi) is 9.61. The maximum Gasteiger partial charge on any atom is 0.0719 e. The Bertz CT molecular complexity index is 3030. The minimum Gasteiger partial charge on any atom is -0.398 e. The normalized spacial score (nSPS) is 14.9. The standard InChI is InChI=1S/C60H49N/c1-4-5-8-24-44-37-47(38-45-25-13-14-26-48(44)45)43-35-36-51-50(39-43)58-49(46(34-33-41-20-9-6-10-21-41)40-57(61)42-22-11-7-12-23-42)27-19-32-56(58)60(51)54-30-17-15-28-52(54)59(2,3)53-29-16-18-31-55(53)60/h4-32,34-40H,33,61H2,1-3H3/b5-4-,24-8-,46-34+,57-40-. The van der Waals surface area contributed by atoms with Gasteiger partial charge in [0, 0.05) is 11.1 Å². The summed E-state index contributed by atoms with van der Waals surface area (Å²) in [5.74, 6) is 0. The van der Waals surface area contributed by atoms with Crippen molar-refractivity contribution in [2.45, 2.75) is 38.0 Å². The van der Waals surface area contributed by atoms with Gasteiger partial charge >= 0.3 is 0 Å². The highest BCUT2D eigenvalue weighted by Gasteiger charge is 2.53. The Labute approximate surface area is 360 Å². The van der Waals surface area contributed by atoms with Crippen molar-refractivity contribution in [3.63, 3.8) is 0 Å². The molecule has 2 aliphatic rings. The summed E-state index contributed by atoms with van der Waals surface area (Å²) in [5, 5.41) is 2.47. The van der Waals surface area contributed by atoms with Crippen molar-refractivity contribution in [3.8, 4) is 22.3 Å². The van der Waals surface area contributed by atoms with Gasteiger partial charge in [-0.15, -0.1) is 0 Å². The van der Waals surface area contributed by atoms with Crippen molar-refractivity contribution in [1.82, 2.24) is 0 Å². The Balaban J connectivity index is 1.29. The lowest BCUT2D eigenvalue weighted by atomic mass is 9.55. The van der Waals surface area contributed by atoms with Crippen LogP contribution >= 0.6 is 0 Å². The van der Waals surface area contributed by atoms with Crippen molar-refractivity contribution in [2.75, 3.05) is 0 Å². The lowest BCUT2D eigenvalue weighted by Crippen LogP contribution is -2.40. The van der Waals surface area contributed by atoms with Gasteiger partial charge in [-0.25, -0.2) is 0 Å². The fourth-order valence-electron chi connectivity index (χ4n) is 10.3. The van der Waals surface area contributed by atoms with Crippen LogP contribution in [0.4, 0.5) is 0 Å². The number of fused-ring (bicyclic) bond motifs is 10. The molecule has 0 fully saturated rings. The van der Waals surface area contributed by atoms with Gasteiger partial charge in [-0.05, 0) is 132 Å². The van der Waals surface area contributed by atoms with Crippen LogP contribution in [0.25, 0.3) is 50.4 Å². The summed E-state index contributed by atoms with van der Waals surface area (Å²) in [5.41, 5.74) is 25.7. The van der Waals surface area contributed by atoms with E-state index >= 15 is 0 Å². The van der Waals surface area contributed by atoms with Gasteiger partial charge < -0.3 is 5.73 Å². The zero-order valence-corrected chi connectivity index (χ0v) is 35.1. The van der Waals surface area contributed by atoms with Gasteiger partial charge in [-0.3, -0.25) is 0 Å². The van der Waals surface area contributed by atoms with Crippen LogP contribution in [0.1, 0.15) is 76.4 Å². The van der Waals surface area contributed by atoms with E-state index in [9.17, 15) is 0 Å². The van der Waals surface area contributed by atoms with Crippen LogP contribution in [-0.4, -0.2) is 0 Å². The zero-order chi connectivity index (χ0) is 41.6. The van der Waals surface area contributed by atoms with E-state index < -0.39 is 5.41 Å². The van der Waals surface area contributed by atoms with Crippen LogP contribution in [0.15, 0.2) is 212 Å². The minimum absolute atomic E-state index is 0.186. The highest BCUT2D eigenvalue weighted by molar-refractivity contribution is 6.00. The van der Waals surface area contributed by atoms with E-state index in [1.165, 1.54) is 83.1 Å². The molecule has 0 heterocycles. The second kappa shape index (κ2) is 15.4. The molecule has 10 rings (SSSR count). The average molecular weight is 784 g/mol. The molecule has 0 aromatic heterocycles. The van der Waals surface area contributed by atoms with Gasteiger partial charge in [0.05, 0.1) is 5.41 Å². The number of allylic oxidation sites excluding steroid dienone is 6. The quantitative estimate of drug-likeness (QED) is 0.153. The molecule has 0 amide bonds. The molecule has 0 saturated heterocycles. The van der Waals surface area contributed by atoms with E-state index in [2.05, 4.69) is 233 Å². The molecule has 1 heteroatoms. The molecule has 1 spiro atoms. The molecule has 294 valence electrons. The summed E-state index contributed by atoms with van der Waals surface area (Å²) in [6.45, 7) is 6.83. The van der Waals surface area contributed by atoms with Crippen LogP contribution in [0, 0.1) is 0 Å². The molecule has 0 bridgehead atoms. The molecule has 2 aliphatic carbocycles. The molecular formula is C60H49N. The average Bonchev–Trinajstić information content (AvgIpc) is 3.60. The SMILES string of the molecule is C/C=C\C=C/c1cc(-c2ccc3c(c2)-c2c(C(/C=C(\N)c4ccccc4)=C/Cc4ccccc4)cccc2C32c3ccccc3C(C)(C)c3ccccc32)cc2ccccc12. The molecule has 0 radical (unpaired) electrons. The number of rotatable bonds is 8. The monoisotopic (exact) mass is 783 g/mol. The number of hydrogen-bond acceptors (Lipinski definition) is 1. The predicted molar refractivity (Wildman–Crippen MR) is 259 cm³/mol. The Morgan fingerprint density at radius 3 is 1.92 bits per heavy atom. The highest BCUT2D eigenvalue weighted by atomic mass is 14.6. The van der Waals surface area contributed by atoms with Gasteiger partial charge in [0.2, 0.25) is 0 Å². The van der Waals surface area contributed by atoms with Crippen LogP contribution in [-0.2, 0) is 17.3 Å². The summed E-state index contributed by atoms with van der Waals surface area (Å²) < 4.78 is 0.